The Morgan fingerprint density at radius 3 is 2.03 bits per heavy atom. The van der Waals surface area contributed by atoms with Gasteiger partial charge in [0.1, 0.15) is 18.3 Å². The van der Waals surface area contributed by atoms with Crippen LogP contribution in [0.15, 0.2) is 12.2 Å². The van der Waals surface area contributed by atoms with Gasteiger partial charge in [-0.25, -0.2) is 0 Å². The summed E-state index contributed by atoms with van der Waals surface area (Å²) >= 11 is 0. The quantitative estimate of drug-likeness (QED) is 0.343. The smallest absolute Gasteiger partial charge is 0.303 e. The first kappa shape index (κ1) is 25.8. The number of Topliss-reactive ketones (excluding diaryl/α,β-unsaturated/α-hetero) is 1. The molecular weight excluding hydrogens is 456 g/mol. The summed E-state index contributed by atoms with van der Waals surface area (Å²) in [4.78, 5) is 50.6. The van der Waals surface area contributed by atoms with Crippen LogP contribution >= 0.6 is 0 Å². The number of aliphatic hydroxyl groups excluding tert-OH is 2. The van der Waals surface area contributed by atoms with Crippen LogP contribution in [0.25, 0.3) is 0 Å². The summed E-state index contributed by atoms with van der Waals surface area (Å²) in [5.74, 6) is -3.89. The molecule has 194 valence electrons. The van der Waals surface area contributed by atoms with Crippen LogP contribution in [-0.4, -0.2) is 64.4 Å². The molecule has 1 unspecified atom stereocenters. The molecular formula is C26H36O9. The predicted molar refractivity (Wildman–Crippen MR) is 121 cm³/mol. The van der Waals surface area contributed by atoms with Crippen molar-refractivity contribution < 1.29 is 43.6 Å². The van der Waals surface area contributed by atoms with E-state index in [0.29, 0.717) is 12.0 Å². The van der Waals surface area contributed by atoms with E-state index >= 15 is 0 Å². The zero-order chi connectivity index (χ0) is 26.2. The van der Waals surface area contributed by atoms with Crippen LogP contribution in [0.5, 0.6) is 0 Å². The van der Waals surface area contributed by atoms with E-state index < -0.39 is 76.5 Å². The van der Waals surface area contributed by atoms with Crippen molar-refractivity contribution in [1.82, 2.24) is 0 Å². The summed E-state index contributed by atoms with van der Waals surface area (Å²) in [5.41, 5.74) is -3.07. The van der Waals surface area contributed by atoms with E-state index in [-0.39, 0.29) is 24.5 Å². The standard InChI is InChI=1S/C26H36O9/c1-11-15-8-16(33-12(2)27)20-25(7)18(34-13(3)28)9-17(30)24(5,6)21(25)19(31)23(35-14(4)29)26(20,10-15)22(11)32/h15-21,23,30-31H,1,8-10H2,2-7H3/t15-,16+,17+,18+,19-,20+,21-,23+,25+,26?/m1/s1. The van der Waals surface area contributed by atoms with Gasteiger partial charge in [-0.1, -0.05) is 27.4 Å². The van der Waals surface area contributed by atoms with Gasteiger partial charge in [0.25, 0.3) is 0 Å². The van der Waals surface area contributed by atoms with Crippen LogP contribution in [0.3, 0.4) is 0 Å². The molecule has 0 aromatic carbocycles. The molecule has 9 nitrogen and oxygen atoms in total. The Morgan fingerprint density at radius 1 is 0.914 bits per heavy atom. The van der Waals surface area contributed by atoms with Gasteiger partial charge in [0.05, 0.1) is 17.6 Å². The number of hydrogen-bond acceptors (Lipinski definition) is 9. The molecule has 0 heterocycles. The van der Waals surface area contributed by atoms with Gasteiger partial charge in [-0.15, -0.1) is 0 Å². The molecule has 4 rings (SSSR count). The van der Waals surface area contributed by atoms with E-state index in [4.69, 9.17) is 14.2 Å². The number of hydrogen-bond donors (Lipinski definition) is 2. The molecule has 2 bridgehead atoms. The highest BCUT2D eigenvalue weighted by molar-refractivity contribution is 6.04. The van der Waals surface area contributed by atoms with Crippen LogP contribution in [0, 0.1) is 34.0 Å². The Bertz CT molecular complexity index is 985. The summed E-state index contributed by atoms with van der Waals surface area (Å²) in [6, 6.07) is 0. The molecule has 0 amide bonds. The molecule has 4 aliphatic carbocycles. The minimum atomic E-state index is -1.41. The van der Waals surface area contributed by atoms with Crippen LogP contribution in [0.2, 0.25) is 0 Å². The van der Waals surface area contributed by atoms with Gasteiger partial charge in [0, 0.05) is 44.4 Å². The Morgan fingerprint density at radius 2 is 1.49 bits per heavy atom. The molecule has 35 heavy (non-hydrogen) atoms. The van der Waals surface area contributed by atoms with Crippen LogP contribution < -0.4 is 0 Å². The van der Waals surface area contributed by atoms with E-state index in [0.717, 1.165) is 0 Å². The third kappa shape index (κ3) is 3.41. The lowest BCUT2D eigenvalue weighted by molar-refractivity contribution is -0.307. The second-order valence-corrected chi connectivity index (χ2v) is 11.7. The fraction of sp³-hybridized carbons (Fsp3) is 0.769. The molecule has 4 saturated carbocycles. The normalized spacial score (nSPS) is 45.7. The van der Waals surface area contributed by atoms with Gasteiger partial charge in [-0.3, -0.25) is 19.2 Å². The number of ether oxygens (including phenoxy) is 3. The molecule has 1 spiro atoms. The van der Waals surface area contributed by atoms with Gasteiger partial charge in [-0.2, -0.15) is 0 Å². The summed E-state index contributed by atoms with van der Waals surface area (Å²) < 4.78 is 17.3. The molecule has 10 atom stereocenters. The Kier molecular flexibility index (Phi) is 6.00. The van der Waals surface area contributed by atoms with Crippen molar-refractivity contribution in [3.63, 3.8) is 0 Å². The van der Waals surface area contributed by atoms with E-state index in [1.54, 1.807) is 13.8 Å². The summed E-state index contributed by atoms with van der Waals surface area (Å²) in [6.07, 6.45) is -4.48. The van der Waals surface area contributed by atoms with Crippen molar-refractivity contribution in [2.24, 2.45) is 34.0 Å². The summed E-state index contributed by atoms with van der Waals surface area (Å²) in [5, 5.41) is 23.0. The van der Waals surface area contributed by atoms with Crippen molar-refractivity contribution in [2.75, 3.05) is 0 Å². The van der Waals surface area contributed by atoms with Gasteiger partial charge in [-0.05, 0) is 29.7 Å². The third-order valence-corrected chi connectivity index (χ3v) is 9.44. The average Bonchev–Trinajstić information content (AvgIpc) is 2.90. The highest BCUT2D eigenvalue weighted by Crippen LogP contribution is 2.72. The summed E-state index contributed by atoms with van der Waals surface area (Å²) in [6.45, 7) is 13.2. The molecule has 9 heteroatoms. The molecule has 0 radical (unpaired) electrons. The molecule has 4 aliphatic rings. The topological polar surface area (TPSA) is 136 Å². The lowest BCUT2D eigenvalue weighted by atomic mass is 9.37. The van der Waals surface area contributed by atoms with Gasteiger partial charge in [0.2, 0.25) is 0 Å². The first-order valence-electron chi connectivity index (χ1n) is 12.2. The first-order chi connectivity index (χ1) is 16.1. The minimum absolute atomic E-state index is 0.0858. The van der Waals surface area contributed by atoms with Crippen LogP contribution in [-0.2, 0) is 33.4 Å². The lowest BCUT2D eigenvalue weighted by Gasteiger charge is -2.69. The predicted octanol–water partition coefficient (Wildman–Crippen LogP) is 1.72. The highest BCUT2D eigenvalue weighted by Gasteiger charge is 2.79. The second-order valence-electron chi connectivity index (χ2n) is 11.7. The highest BCUT2D eigenvalue weighted by atomic mass is 16.6. The number of carbonyl (C=O) groups excluding carboxylic acids is 4. The van der Waals surface area contributed by atoms with Gasteiger partial charge < -0.3 is 24.4 Å². The number of esters is 3. The Hall–Kier alpha value is -2.26. The summed E-state index contributed by atoms with van der Waals surface area (Å²) in [7, 11) is 0. The van der Waals surface area contributed by atoms with E-state index in [9.17, 15) is 29.4 Å². The Balaban J connectivity index is 2.03. The molecule has 0 aromatic rings. The molecule has 0 saturated heterocycles. The average molecular weight is 493 g/mol. The fourth-order valence-corrected chi connectivity index (χ4v) is 8.44. The maximum Gasteiger partial charge on any atom is 0.303 e. The second kappa shape index (κ2) is 8.13. The van der Waals surface area contributed by atoms with Crippen molar-refractivity contribution >= 4 is 23.7 Å². The minimum Gasteiger partial charge on any atom is -0.462 e. The lowest BCUT2D eigenvalue weighted by Crippen LogP contribution is -2.76. The monoisotopic (exact) mass is 492 g/mol. The number of carbonyl (C=O) groups is 4. The van der Waals surface area contributed by atoms with Crippen molar-refractivity contribution in [2.45, 2.75) is 91.3 Å². The fourth-order valence-electron chi connectivity index (χ4n) is 8.44. The third-order valence-electron chi connectivity index (χ3n) is 9.44. The number of ketones is 1. The Labute approximate surface area is 205 Å². The number of allylic oxidation sites excluding steroid dienone is 1. The van der Waals surface area contributed by atoms with Gasteiger partial charge in [0.15, 0.2) is 5.78 Å². The number of aliphatic hydroxyl groups is 2. The van der Waals surface area contributed by atoms with E-state index in [1.807, 2.05) is 6.92 Å². The van der Waals surface area contributed by atoms with Crippen molar-refractivity contribution in [3.05, 3.63) is 12.2 Å². The van der Waals surface area contributed by atoms with Crippen LogP contribution in [0.4, 0.5) is 0 Å². The molecule has 0 aromatic heterocycles. The largest absolute Gasteiger partial charge is 0.462 e. The SMILES string of the molecule is C=C1C(=O)C23C[C@H]1C[C@H](OC(C)=O)[C@H]2[C@]1(C)[C@@H](OC(C)=O)C[C@H](O)C(C)(C)[C@H]1[C@@H](O)[C@@H]3OC(C)=O. The van der Waals surface area contributed by atoms with Crippen molar-refractivity contribution in [3.8, 4) is 0 Å². The first-order valence-corrected chi connectivity index (χ1v) is 12.2. The maximum absolute atomic E-state index is 14.0. The van der Waals surface area contributed by atoms with E-state index in [2.05, 4.69) is 6.58 Å². The van der Waals surface area contributed by atoms with Crippen molar-refractivity contribution in [1.29, 1.82) is 0 Å². The number of rotatable bonds is 3. The maximum atomic E-state index is 14.0. The van der Waals surface area contributed by atoms with Crippen LogP contribution in [0.1, 0.15) is 60.8 Å². The molecule has 0 aliphatic heterocycles. The zero-order valence-electron chi connectivity index (χ0n) is 21.2. The zero-order valence-corrected chi connectivity index (χ0v) is 21.2. The van der Waals surface area contributed by atoms with E-state index in [1.165, 1.54) is 20.8 Å². The number of fused-ring (bicyclic) bond motifs is 3. The molecule has 4 fully saturated rings. The van der Waals surface area contributed by atoms with Gasteiger partial charge >= 0.3 is 17.9 Å². The molecule has 2 N–H and O–H groups in total.